The lowest BCUT2D eigenvalue weighted by Gasteiger charge is -1.99. The molecule has 1 aliphatic rings. The Morgan fingerprint density at radius 2 is 2.00 bits per heavy atom. The first-order valence-electron chi connectivity index (χ1n) is 5.75. The number of phenolic OH excluding ortho intramolecular Hbond substituents is 1. The molecule has 0 radical (unpaired) electrons. The van der Waals surface area contributed by atoms with Gasteiger partial charge in [0.1, 0.15) is 11.6 Å². The van der Waals surface area contributed by atoms with E-state index in [1.54, 1.807) is 36.4 Å². The number of amides is 1. The Labute approximate surface area is 109 Å². The number of rotatable bonds is 1. The smallest absolute Gasteiger partial charge is 0.256 e. The van der Waals surface area contributed by atoms with Crippen LogP contribution in [0.2, 0.25) is 0 Å². The van der Waals surface area contributed by atoms with E-state index >= 15 is 0 Å². The topological polar surface area (TPSA) is 49.3 Å². The number of benzene rings is 2. The molecule has 0 spiro atoms. The van der Waals surface area contributed by atoms with Crippen molar-refractivity contribution in [1.29, 1.82) is 0 Å². The highest BCUT2D eigenvalue weighted by Crippen LogP contribution is 2.33. The molecule has 1 amide bonds. The number of fused-ring (bicyclic) bond motifs is 1. The second-order valence-electron chi connectivity index (χ2n) is 4.30. The van der Waals surface area contributed by atoms with Crippen molar-refractivity contribution < 1.29 is 14.3 Å². The lowest BCUT2D eigenvalue weighted by molar-refractivity contribution is -0.110. The van der Waals surface area contributed by atoms with E-state index in [1.165, 1.54) is 12.1 Å². The highest BCUT2D eigenvalue weighted by atomic mass is 19.1. The number of anilines is 1. The molecule has 4 heteroatoms. The molecule has 1 heterocycles. The number of carbonyl (C=O) groups excluding carboxylic acids is 1. The number of hydrogen-bond donors (Lipinski definition) is 2. The quantitative estimate of drug-likeness (QED) is 0.769. The van der Waals surface area contributed by atoms with Gasteiger partial charge in [-0.05, 0) is 42.0 Å². The van der Waals surface area contributed by atoms with E-state index in [4.69, 9.17) is 0 Å². The standard InChI is InChI=1S/C15H10FNO2/c16-10-4-5-12-13(15(19)17-14(12)8-10)7-9-2-1-3-11(18)6-9/h1-8,18H,(H,17,19). The fraction of sp³-hybridized carbons (Fsp3) is 0. The summed E-state index contributed by atoms with van der Waals surface area (Å²) in [5.74, 6) is -0.534. The molecule has 0 atom stereocenters. The summed E-state index contributed by atoms with van der Waals surface area (Å²) in [5.41, 5.74) is 2.30. The number of hydrogen-bond acceptors (Lipinski definition) is 2. The summed E-state index contributed by atoms with van der Waals surface area (Å²) in [6, 6.07) is 10.8. The normalized spacial score (nSPS) is 15.4. The van der Waals surface area contributed by atoms with Crippen LogP contribution in [-0.2, 0) is 4.79 Å². The van der Waals surface area contributed by atoms with Gasteiger partial charge < -0.3 is 10.4 Å². The lowest BCUT2D eigenvalue weighted by Crippen LogP contribution is -2.03. The van der Waals surface area contributed by atoms with Gasteiger partial charge in [-0.3, -0.25) is 4.79 Å². The highest BCUT2D eigenvalue weighted by molar-refractivity contribution is 6.34. The van der Waals surface area contributed by atoms with Gasteiger partial charge in [-0.25, -0.2) is 4.39 Å². The first-order valence-corrected chi connectivity index (χ1v) is 5.75. The second-order valence-corrected chi connectivity index (χ2v) is 4.30. The third-order valence-electron chi connectivity index (χ3n) is 2.95. The number of phenols is 1. The van der Waals surface area contributed by atoms with Gasteiger partial charge in [-0.2, -0.15) is 0 Å². The molecule has 0 aliphatic carbocycles. The summed E-state index contributed by atoms with van der Waals surface area (Å²) in [6.45, 7) is 0. The Balaban J connectivity index is 2.09. The molecule has 3 rings (SSSR count). The predicted octanol–water partition coefficient (Wildman–Crippen LogP) is 3.02. The Hall–Kier alpha value is -2.62. The summed E-state index contributed by atoms with van der Waals surface area (Å²) < 4.78 is 13.1. The van der Waals surface area contributed by atoms with E-state index in [9.17, 15) is 14.3 Å². The van der Waals surface area contributed by atoms with Crippen molar-refractivity contribution >= 4 is 23.2 Å². The minimum Gasteiger partial charge on any atom is -0.508 e. The molecule has 0 aromatic heterocycles. The van der Waals surface area contributed by atoms with Crippen molar-refractivity contribution in [2.24, 2.45) is 0 Å². The van der Waals surface area contributed by atoms with Crippen LogP contribution in [0.5, 0.6) is 5.75 Å². The Morgan fingerprint density at radius 3 is 2.79 bits per heavy atom. The maximum absolute atomic E-state index is 13.1. The fourth-order valence-corrected chi connectivity index (χ4v) is 2.09. The van der Waals surface area contributed by atoms with Crippen LogP contribution in [0.25, 0.3) is 11.6 Å². The van der Waals surface area contributed by atoms with Crippen LogP contribution in [0, 0.1) is 5.82 Å². The zero-order valence-electron chi connectivity index (χ0n) is 9.85. The summed E-state index contributed by atoms with van der Waals surface area (Å²) in [7, 11) is 0. The van der Waals surface area contributed by atoms with Crippen molar-refractivity contribution in [3.63, 3.8) is 0 Å². The average Bonchev–Trinajstić information content (AvgIpc) is 2.65. The number of aromatic hydroxyl groups is 1. The summed E-state index contributed by atoms with van der Waals surface area (Å²) in [6.07, 6.45) is 1.67. The first kappa shape index (κ1) is 11.5. The SMILES string of the molecule is O=C1Nc2cc(F)ccc2C1=Cc1cccc(O)c1. The van der Waals surface area contributed by atoms with Gasteiger partial charge in [0.05, 0.1) is 5.69 Å². The van der Waals surface area contributed by atoms with Gasteiger partial charge in [0.15, 0.2) is 0 Å². The van der Waals surface area contributed by atoms with Crippen LogP contribution in [0.4, 0.5) is 10.1 Å². The lowest BCUT2D eigenvalue weighted by atomic mass is 10.0. The Morgan fingerprint density at radius 1 is 1.16 bits per heavy atom. The Kier molecular flexibility index (Phi) is 2.56. The van der Waals surface area contributed by atoms with Gasteiger partial charge in [0.2, 0.25) is 0 Å². The van der Waals surface area contributed by atoms with Gasteiger partial charge in [0, 0.05) is 11.1 Å². The minimum absolute atomic E-state index is 0.132. The van der Waals surface area contributed by atoms with Crippen LogP contribution < -0.4 is 5.32 Å². The zero-order chi connectivity index (χ0) is 13.4. The largest absolute Gasteiger partial charge is 0.508 e. The molecule has 3 nitrogen and oxygen atoms in total. The first-order chi connectivity index (χ1) is 9.13. The molecule has 2 aromatic rings. The summed E-state index contributed by atoms with van der Waals surface area (Å²) in [5, 5.41) is 12.0. The van der Waals surface area contributed by atoms with Crippen molar-refractivity contribution in [3.8, 4) is 5.75 Å². The van der Waals surface area contributed by atoms with E-state index in [1.807, 2.05) is 0 Å². The van der Waals surface area contributed by atoms with Crippen molar-refractivity contribution in [2.45, 2.75) is 0 Å². The maximum Gasteiger partial charge on any atom is 0.256 e. The van der Waals surface area contributed by atoms with Gasteiger partial charge >= 0.3 is 0 Å². The average molecular weight is 255 g/mol. The molecule has 0 bridgehead atoms. The molecular weight excluding hydrogens is 245 g/mol. The van der Waals surface area contributed by atoms with Crippen molar-refractivity contribution in [3.05, 3.63) is 59.4 Å². The van der Waals surface area contributed by atoms with Crippen LogP contribution in [-0.4, -0.2) is 11.0 Å². The molecule has 94 valence electrons. The molecule has 0 unspecified atom stereocenters. The molecule has 0 fully saturated rings. The molecule has 2 aromatic carbocycles. The monoisotopic (exact) mass is 255 g/mol. The van der Waals surface area contributed by atoms with E-state index in [-0.39, 0.29) is 11.7 Å². The molecule has 19 heavy (non-hydrogen) atoms. The zero-order valence-corrected chi connectivity index (χ0v) is 9.85. The number of halogens is 1. The molecule has 1 aliphatic heterocycles. The van der Waals surface area contributed by atoms with Crippen LogP contribution >= 0.6 is 0 Å². The van der Waals surface area contributed by atoms with Crippen LogP contribution in [0.15, 0.2) is 42.5 Å². The summed E-state index contributed by atoms with van der Waals surface area (Å²) in [4.78, 5) is 11.9. The minimum atomic E-state index is -0.391. The van der Waals surface area contributed by atoms with E-state index in [0.29, 0.717) is 22.4 Å². The van der Waals surface area contributed by atoms with Crippen LogP contribution in [0.3, 0.4) is 0 Å². The van der Waals surface area contributed by atoms with Crippen molar-refractivity contribution in [1.82, 2.24) is 0 Å². The number of carbonyl (C=O) groups is 1. The predicted molar refractivity (Wildman–Crippen MR) is 71.0 cm³/mol. The molecule has 0 saturated carbocycles. The molecular formula is C15H10FNO2. The molecule has 0 saturated heterocycles. The third kappa shape index (κ3) is 2.08. The summed E-state index contributed by atoms with van der Waals surface area (Å²) >= 11 is 0. The molecule has 2 N–H and O–H groups in total. The Bertz CT molecular complexity index is 707. The van der Waals surface area contributed by atoms with Gasteiger partial charge in [0.25, 0.3) is 5.91 Å². The van der Waals surface area contributed by atoms with Gasteiger partial charge in [-0.15, -0.1) is 0 Å². The van der Waals surface area contributed by atoms with E-state index < -0.39 is 5.82 Å². The van der Waals surface area contributed by atoms with Crippen LogP contribution in [0.1, 0.15) is 11.1 Å². The highest BCUT2D eigenvalue weighted by Gasteiger charge is 2.24. The number of nitrogens with one attached hydrogen (secondary N) is 1. The van der Waals surface area contributed by atoms with E-state index in [2.05, 4.69) is 5.32 Å². The fourth-order valence-electron chi connectivity index (χ4n) is 2.09. The maximum atomic E-state index is 13.1. The van der Waals surface area contributed by atoms with E-state index in [0.717, 1.165) is 0 Å². The second kappa shape index (κ2) is 4.24. The van der Waals surface area contributed by atoms with Gasteiger partial charge in [-0.1, -0.05) is 12.1 Å². The third-order valence-corrected chi connectivity index (χ3v) is 2.95. The van der Waals surface area contributed by atoms with Crippen molar-refractivity contribution in [2.75, 3.05) is 5.32 Å².